The van der Waals surface area contributed by atoms with Crippen molar-refractivity contribution in [2.45, 2.75) is 19.3 Å². The highest BCUT2D eigenvalue weighted by atomic mass is 16.2. The van der Waals surface area contributed by atoms with E-state index in [-0.39, 0.29) is 5.91 Å². The first-order chi connectivity index (χ1) is 9.74. The summed E-state index contributed by atoms with van der Waals surface area (Å²) in [5.74, 6) is 0.233. The number of rotatable bonds is 3. The third-order valence-electron chi connectivity index (χ3n) is 4.42. The van der Waals surface area contributed by atoms with Gasteiger partial charge in [0, 0.05) is 51.9 Å². The maximum atomic E-state index is 11.8. The van der Waals surface area contributed by atoms with E-state index in [0.717, 1.165) is 51.3 Å². The van der Waals surface area contributed by atoms with E-state index in [4.69, 9.17) is 0 Å². The van der Waals surface area contributed by atoms with Crippen molar-refractivity contribution in [1.82, 2.24) is 10.2 Å². The fourth-order valence-corrected chi connectivity index (χ4v) is 3.05. The Balaban J connectivity index is 1.67. The first-order valence-electron chi connectivity index (χ1n) is 7.55. The van der Waals surface area contributed by atoms with Crippen molar-refractivity contribution < 1.29 is 4.79 Å². The fourth-order valence-electron chi connectivity index (χ4n) is 3.05. The second-order valence-corrected chi connectivity index (χ2v) is 5.76. The molecule has 0 aromatic heterocycles. The van der Waals surface area contributed by atoms with Crippen LogP contribution in [0.3, 0.4) is 0 Å². The first-order valence-corrected chi connectivity index (χ1v) is 7.55. The molecular formula is C16H23N3O. The van der Waals surface area contributed by atoms with Crippen molar-refractivity contribution in [2.24, 2.45) is 0 Å². The summed E-state index contributed by atoms with van der Waals surface area (Å²) in [5, 5.41) is 3.38. The highest BCUT2D eigenvalue weighted by Crippen LogP contribution is 2.27. The number of benzene rings is 1. The molecule has 2 aliphatic rings. The molecule has 108 valence electrons. The zero-order valence-electron chi connectivity index (χ0n) is 12.2. The van der Waals surface area contributed by atoms with Gasteiger partial charge < -0.3 is 15.1 Å². The molecule has 0 aliphatic carbocycles. The fraction of sp³-hybridized carbons (Fsp3) is 0.562. The van der Waals surface area contributed by atoms with Gasteiger partial charge in [0.1, 0.15) is 0 Å². The monoisotopic (exact) mass is 273 g/mol. The van der Waals surface area contributed by atoms with Crippen LogP contribution in [0.15, 0.2) is 18.2 Å². The molecule has 1 aromatic carbocycles. The van der Waals surface area contributed by atoms with Gasteiger partial charge in [-0.3, -0.25) is 4.79 Å². The number of piperazine rings is 1. The third kappa shape index (κ3) is 2.86. The van der Waals surface area contributed by atoms with Gasteiger partial charge in [0.05, 0.1) is 0 Å². The largest absolute Gasteiger partial charge is 0.315 e. The molecule has 2 heterocycles. The summed E-state index contributed by atoms with van der Waals surface area (Å²) >= 11 is 0. The molecule has 1 aromatic rings. The molecule has 1 saturated heterocycles. The van der Waals surface area contributed by atoms with Crippen LogP contribution in [0.5, 0.6) is 0 Å². The van der Waals surface area contributed by atoms with E-state index >= 15 is 0 Å². The van der Waals surface area contributed by atoms with Gasteiger partial charge in [-0.15, -0.1) is 0 Å². The summed E-state index contributed by atoms with van der Waals surface area (Å²) in [5.41, 5.74) is 3.75. The second-order valence-electron chi connectivity index (χ2n) is 5.76. The number of amides is 1. The first kappa shape index (κ1) is 13.6. The Morgan fingerprint density at radius 2 is 2.00 bits per heavy atom. The van der Waals surface area contributed by atoms with Crippen molar-refractivity contribution in [2.75, 3.05) is 44.7 Å². The number of anilines is 1. The summed E-state index contributed by atoms with van der Waals surface area (Å²) in [7, 11) is 1.89. The number of nitrogens with zero attached hydrogens (tertiary/aromatic N) is 2. The summed E-state index contributed by atoms with van der Waals surface area (Å²) in [4.78, 5) is 16.1. The van der Waals surface area contributed by atoms with Crippen LogP contribution in [0.2, 0.25) is 0 Å². The van der Waals surface area contributed by atoms with Crippen molar-refractivity contribution in [3.63, 3.8) is 0 Å². The van der Waals surface area contributed by atoms with Crippen LogP contribution in [0.25, 0.3) is 0 Å². The molecule has 3 rings (SSSR count). The minimum absolute atomic E-state index is 0.233. The lowest BCUT2D eigenvalue weighted by atomic mass is 9.98. The Kier molecular flexibility index (Phi) is 4.03. The maximum Gasteiger partial charge on any atom is 0.227 e. The van der Waals surface area contributed by atoms with E-state index in [2.05, 4.69) is 28.4 Å². The van der Waals surface area contributed by atoms with Gasteiger partial charge in [0.25, 0.3) is 0 Å². The summed E-state index contributed by atoms with van der Waals surface area (Å²) in [6, 6.07) is 6.63. The zero-order chi connectivity index (χ0) is 13.9. The van der Waals surface area contributed by atoms with Crippen molar-refractivity contribution in [3.8, 4) is 0 Å². The van der Waals surface area contributed by atoms with Crippen LogP contribution >= 0.6 is 0 Å². The number of carbonyl (C=O) groups excluding carboxylic acids is 1. The van der Waals surface area contributed by atoms with Crippen molar-refractivity contribution in [3.05, 3.63) is 29.3 Å². The molecule has 0 atom stereocenters. The Hall–Kier alpha value is -1.39. The zero-order valence-corrected chi connectivity index (χ0v) is 12.2. The summed E-state index contributed by atoms with van der Waals surface area (Å²) < 4.78 is 0. The summed E-state index contributed by atoms with van der Waals surface area (Å²) in [6.07, 6.45) is 2.59. The van der Waals surface area contributed by atoms with Gasteiger partial charge in [0.15, 0.2) is 0 Å². The van der Waals surface area contributed by atoms with E-state index in [1.165, 1.54) is 11.1 Å². The lowest BCUT2D eigenvalue weighted by molar-refractivity contribution is -0.118. The molecule has 0 saturated carbocycles. The number of fused-ring (bicyclic) bond motifs is 1. The quantitative estimate of drug-likeness (QED) is 0.894. The summed E-state index contributed by atoms with van der Waals surface area (Å²) in [6.45, 7) is 5.59. The number of carbonyl (C=O) groups is 1. The second kappa shape index (κ2) is 5.94. The molecule has 4 nitrogen and oxygen atoms in total. The lowest BCUT2D eigenvalue weighted by Gasteiger charge is -2.28. The highest BCUT2D eigenvalue weighted by molar-refractivity contribution is 5.95. The SMILES string of the molecule is CN1C(=O)CCc2ccc(CCN3CCNCC3)cc21. The van der Waals surface area contributed by atoms with E-state index < -0.39 is 0 Å². The maximum absolute atomic E-state index is 11.8. The van der Waals surface area contributed by atoms with Gasteiger partial charge in [-0.05, 0) is 30.0 Å². The highest BCUT2D eigenvalue weighted by Gasteiger charge is 2.20. The molecule has 1 fully saturated rings. The average molecular weight is 273 g/mol. The van der Waals surface area contributed by atoms with Crippen LogP contribution in [0.1, 0.15) is 17.5 Å². The van der Waals surface area contributed by atoms with Crippen LogP contribution in [-0.2, 0) is 17.6 Å². The normalized spacial score (nSPS) is 20.1. The smallest absolute Gasteiger partial charge is 0.227 e. The molecule has 1 N–H and O–H groups in total. The average Bonchev–Trinajstić information content (AvgIpc) is 2.50. The number of hydrogen-bond donors (Lipinski definition) is 1. The standard InChI is InChI=1S/C16H23N3O/c1-18-15-12-13(2-3-14(15)4-5-16(18)20)6-9-19-10-7-17-8-11-19/h2-3,12,17H,4-11H2,1H3. The van der Waals surface area contributed by atoms with Gasteiger partial charge in [-0.2, -0.15) is 0 Å². The Bertz CT molecular complexity index is 494. The third-order valence-corrected chi connectivity index (χ3v) is 4.42. The molecule has 0 spiro atoms. The van der Waals surface area contributed by atoms with Crippen LogP contribution in [0, 0.1) is 0 Å². The van der Waals surface area contributed by atoms with Crippen LogP contribution < -0.4 is 10.2 Å². The van der Waals surface area contributed by atoms with E-state index in [9.17, 15) is 4.79 Å². The minimum atomic E-state index is 0.233. The molecule has 0 bridgehead atoms. The Morgan fingerprint density at radius 3 is 2.80 bits per heavy atom. The number of aryl methyl sites for hydroxylation is 1. The lowest BCUT2D eigenvalue weighted by Crippen LogP contribution is -2.44. The van der Waals surface area contributed by atoms with Gasteiger partial charge in [-0.1, -0.05) is 12.1 Å². The van der Waals surface area contributed by atoms with Crippen LogP contribution in [-0.4, -0.2) is 50.6 Å². The predicted octanol–water partition coefficient (Wildman–Crippen LogP) is 1.04. The van der Waals surface area contributed by atoms with E-state index in [0.29, 0.717) is 6.42 Å². The Morgan fingerprint density at radius 1 is 1.20 bits per heavy atom. The molecule has 4 heteroatoms. The van der Waals surface area contributed by atoms with Crippen LogP contribution in [0.4, 0.5) is 5.69 Å². The molecular weight excluding hydrogens is 250 g/mol. The molecule has 0 unspecified atom stereocenters. The van der Waals surface area contributed by atoms with Crippen molar-refractivity contribution in [1.29, 1.82) is 0 Å². The predicted molar refractivity (Wildman–Crippen MR) is 81.2 cm³/mol. The van der Waals surface area contributed by atoms with Gasteiger partial charge in [0.2, 0.25) is 5.91 Å². The van der Waals surface area contributed by atoms with Gasteiger partial charge >= 0.3 is 0 Å². The number of hydrogen-bond acceptors (Lipinski definition) is 3. The van der Waals surface area contributed by atoms with E-state index in [1.54, 1.807) is 0 Å². The van der Waals surface area contributed by atoms with E-state index in [1.807, 2.05) is 11.9 Å². The molecule has 0 radical (unpaired) electrons. The number of nitrogens with one attached hydrogen (secondary N) is 1. The molecule has 2 aliphatic heterocycles. The Labute approximate surface area is 120 Å². The van der Waals surface area contributed by atoms with Crippen molar-refractivity contribution >= 4 is 11.6 Å². The van der Waals surface area contributed by atoms with Gasteiger partial charge in [-0.25, -0.2) is 0 Å². The molecule has 1 amide bonds. The minimum Gasteiger partial charge on any atom is -0.315 e. The molecule has 20 heavy (non-hydrogen) atoms. The topological polar surface area (TPSA) is 35.6 Å².